The van der Waals surface area contributed by atoms with Crippen LogP contribution < -0.4 is 0 Å². The molecule has 0 nitrogen and oxygen atoms in total. The third kappa shape index (κ3) is 2.76. The quantitative estimate of drug-likeness (QED) is 0.634. The Balaban J connectivity index is 2.40. The molecule has 0 saturated carbocycles. The van der Waals surface area contributed by atoms with Gasteiger partial charge >= 0.3 is 0 Å². The maximum atomic E-state index is 2.35. The minimum absolute atomic E-state index is 1.11. The molecule has 0 heteroatoms. The fourth-order valence-corrected chi connectivity index (χ4v) is 2.37. The second-order valence-corrected chi connectivity index (χ2v) is 4.41. The van der Waals surface area contributed by atoms with E-state index in [-0.39, 0.29) is 0 Å². The molecule has 0 radical (unpaired) electrons. The Bertz CT molecular complexity index is 473. The number of rotatable bonds is 1. The van der Waals surface area contributed by atoms with Crippen molar-refractivity contribution in [3.8, 4) is 0 Å². The maximum Gasteiger partial charge on any atom is -0.0224 e. The van der Waals surface area contributed by atoms with Gasteiger partial charge in [0.1, 0.15) is 0 Å². The summed E-state index contributed by atoms with van der Waals surface area (Å²) in [5.74, 6) is 0. The van der Waals surface area contributed by atoms with Gasteiger partial charge in [0.25, 0.3) is 0 Å². The second kappa shape index (κ2) is 5.67. The van der Waals surface area contributed by atoms with Crippen molar-refractivity contribution in [2.45, 2.75) is 33.1 Å². The van der Waals surface area contributed by atoms with Crippen LogP contribution >= 0.6 is 0 Å². The van der Waals surface area contributed by atoms with E-state index in [9.17, 15) is 0 Å². The zero-order chi connectivity index (χ0) is 12.1. The highest BCUT2D eigenvalue weighted by Crippen LogP contribution is 2.25. The monoisotopic (exact) mass is 224 g/mol. The average Bonchev–Trinajstić information content (AvgIpc) is 2.34. The summed E-state index contributed by atoms with van der Waals surface area (Å²) in [7, 11) is 0. The molecule has 0 saturated heterocycles. The third-order valence-corrected chi connectivity index (χ3v) is 3.29. The molecule has 1 aliphatic carbocycles. The van der Waals surface area contributed by atoms with Gasteiger partial charge in [-0.05, 0) is 48.5 Å². The lowest BCUT2D eigenvalue weighted by Gasteiger charge is -2.14. The molecule has 0 unspecified atom stereocenters. The van der Waals surface area contributed by atoms with Crippen LogP contribution in [0.15, 0.2) is 53.6 Å². The summed E-state index contributed by atoms with van der Waals surface area (Å²) < 4.78 is 0. The SMILES string of the molecule is C/C=C1/C=C/c2ccccc2CC/C1=C/CC. The molecular weight excluding hydrogens is 204 g/mol. The van der Waals surface area contributed by atoms with E-state index in [2.05, 4.69) is 62.4 Å². The van der Waals surface area contributed by atoms with E-state index in [1.807, 2.05) is 0 Å². The third-order valence-electron chi connectivity index (χ3n) is 3.29. The lowest BCUT2D eigenvalue weighted by molar-refractivity contribution is 0.936. The standard InChI is InChI=1S/C17H20/c1-3-7-15-12-13-17-9-6-5-8-16(17)11-10-14(15)4-2/h4-11H,3,12-13H2,1-2H3/b11-10+,14-4-,15-7-. The van der Waals surface area contributed by atoms with Crippen LogP contribution in [0.5, 0.6) is 0 Å². The van der Waals surface area contributed by atoms with Crippen LogP contribution in [0.1, 0.15) is 37.8 Å². The Kier molecular flexibility index (Phi) is 3.98. The molecule has 2 rings (SSSR count). The molecule has 1 aliphatic rings. The topological polar surface area (TPSA) is 0 Å². The largest absolute Gasteiger partial charge is 0.0810 e. The smallest absolute Gasteiger partial charge is 0.0224 e. The van der Waals surface area contributed by atoms with Crippen molar-refractivity contribution in [1.29, 1.82) is 0 Å². The van der Waals surface area contributed by atoms with E-state index in [1.54, 1.807) is 0 Å². The molecular formula is C17H20. The van der Waals surface area contributed by atoms with Gasteiger partial charge < -0.3 is 0 Å². The molecule has 0 aromatic heterocycles. The van der Waals surface area contributed by atoms with Gasteiger partial charge in [-0.25, -0.2) is 0 Å². The van der Waals surface area contributed by atoms with E-state index in [0.717, 1.165) is 19.3 Å². The highest BCUT2D eigenvalue weighted by Gasteiger charge is 2.07. The molecule has 1 aromatic carbocycles. The van der Waals surface area contributed by atoms with Crippen molar-refractivity contribution in [1.82, 2.24) is 0 Å². The Morgan fingerprint density at radius 1 is 1.12 bits per heavy atom. The molecule has 0 amide bonds. The predicted molar refractivity (Wildman–Crippen MR) is 75.9 cm³/mol. The first kappa shape index (κ1) is 11.9. The van der Waals surface area contributed by atoms with E-state index >= 15 is 0 Å². The molecule has 0 heterocycles. The highest BCUT2D eigenvalue weighted by molar-refractivity contribution is 5.61. The van der Waals surface area contributed by atoms with Crippen molar-refractivity contribution in [3.63, 3.8) is 0 Å². The first-order valence-electron chi connectivity index (χ1n) is 6.47. The molecule has 0 atom stereocenters. The molecule has 0 spiro atoms. The van der Waals surface area contributed by atoms with Crippen LogP contribution in [0.2, 0.25) is 0 Å². The summed E-state index contributed by atoms with van der Waals surface area (Å²) in [5.41, 5.74) is 5.69. The van der Waals surface area contributed by atoms with Gasteiger partial charge in [-0.15, -0.1) is 0 Å². The highest BCUT2D eigenvalue weighted by atomic mass is 14.1. The lowest BCUT2D eigenvalue weighted by Crippen LogP contribution is -1.97. The van der Waals surface area contributed by atoms with Crippen molar-refractivity contribution < 1.29 is 0 Å². The first-order valence-corrected chi connectivity index (χ1v) is 6.47. The van der Waals surface area contributed by atoms with Crippen LogP contribution in [-0.2, 0) is 6.42 Å². The van der Waals surface area contributed by atoms with Crippen LogP contribution in [0.3, 0.4) is 0 Å². The number of benzene rings is 1. The molecule has 17 heavy (non-hydrogen) atoms. The number of fused-ring (bicyclic) bond motifs is 1. The molecule has 88 valence electrons. The summed E-state index contributed by atoms with van der Waals surface area (Å²) >= 11 is 0. The first-order chi connectivity index (χ1) is 8.35. The normalized spacial score (nSPS) is 22.0. The van der Waals surface area contributed by atoms with Gasteiger partial charge in [0.05, 0.1) is 0 Å². The molecule has 1 aromatic rings. The summed E-state index contributed by atoms with van der Waals surface area (Å²) in [4.78, 5) is 0. The molecule has 0 N–H and O–H groups in total. The van der Waals surface area contributed by atoms with E-state index in [4.69, 9.17) is 0 Å². The zero-order valence-electron chi connectivity index (χ0n) is 10.7. The van der Waals surface area contributed by atoms with Crippen molar-refractivity contribution in [3.05, 3.63) is 64.8 Å². The number of hydrogen-bond donors (Lipinski definition) is 0. The summed E-state index contributed by atoms with van der Waals surface area (Å²) in [6.45, 7) is 4.33. The molecule has 0 bridgehead atoms. The van der Waals surface area contributed by atoms with E-state index in [1.165, 1.54) is 22.3 Å². The van der Waals surface area contributed by atoms with Gasteiger partial charge in [-0.2, -0.15) is 0 Å². The summed E-state index contributed by atoms with van der Waals surface area (Å²) in [6.07, 6.45) is 12.5. The average molecular weight is 224 g/mol. The number of hydrogen-bond acceptors (Lipinski definition) is 0. The van der Waals surface area contributed by atoms with Crippen LogP contribution in [0.25, 0.3) is 6.08 Å². The van der Waals surface area contributed by atoms with Crippen molar-refractivity contribution in [2.75, 3.05) is 0 Å². The summed E-state index contributed by atoms with van der Waals surface area (Å²) in [6, 6.07) is 8.69. The van der Waals surface area contributed by atoms with Gasteiger partial charge in [0.15, 0.2) is 0 Å². The lowest BCUT2D eigenvalue weighted by atomic mass is 9.91. The van der Waals surface area contributed by atoms with Gasteiger partial charge in [0, 0.05) is 0 Å². The molecule has 0 fully saturated rings. The Hall–Kier alpha value is -1.56. The zero-order valence-corrected chi connectivity index (χ0v) is 10.7. The fourth-order valence-electron chi connectivity index (χ4n) is 2.37. The Labute approximate surface area is 104 Å². The maximum absolute atomic E-state index is 2.35. The van der Waals surface area contributed by atoms with Gasteiger partial charge in [0.2, 0.25) is 0 Å². The summed E-state index contributed by atoms with van der Waals surface area (Å²) in [5, 5.41) is 0. The fraction of sp³-hybridized carbons (Fsp3) is 0.294. The van der Waals surface area contributed by atoms with Gasteiger partial charge in [-0.1, -0.05) is 55.5 Å². The minimum atomic E-state index is 1.11. The van der Waals surface area contributed by atoms with Gasteiger partial charge in [-0.3, -0.25) is 0 Å². The number of aryl methyl sites for hydroxylation is 1. The van der Waals surface area contributed by atoms with E-state index in [0.29, 0.717) is 0 Å². The van der Waals surface area contributed by atoms with Crippen LogP contribution in [0, 0.1) is 0 Å². The second-order valence-electron chi connectivity index (χ2n) is 4.41. The predicted octanol–water partition coefficient (Wildman–Crippen LogP) is 4.93. The Morgan fingerprint density at radius 2 is 1.94 bits per heavy atom. The van der Waals surface area contributed by atoms with E-state index < -0.39 is 0 Å². The minimum Gasteiger partial charge on any atom is -0.0810 e. The Morgan fingerprint density at radius 3 is 2.71 bits per heavy atom. The van der Waals surface area contributed by atoms with Crippen molar-refractivity contribution in [2.24, 2.45) is 0 Å². The van der Waals surface area contributed by atoms with Crippen LogP contribution in [-0.4, -0.2) is 0 Å². The molecule has 0 aliphatic heterocycles. The van der Waals surface area contributed by atoms with Crippen molar-refractivity contribution >= 4 is 6.08 Å². The van der Waals surface area contributed by atoms with Crippen LogP contribution in [0.4, 0.5) is 0 Å². The number of allylic oxidation sites excluding steroid dienone is 5.